The second kappa shape index (κ2) is 6.45. The number of benzene rings is 1. The van der Waals surface area contributed by atoms with Gasteiger partial charge >= 0.3 is 0 Å². The molecule has 2 heteroatoms. The average molecular weight is 270 g/mol. The summed E-state index contributed by atoms with van der Waals surface area (Å²) < 4.78 is 2.45. The second-order valence-electron chi connectivity index (χ2n) is 6.08. The standard InChI is InChI=1S/C18H26N2/c1-2-3-4-5-12-20-13-11-15-7-6-8-16(18(15)20)14-19-17-9-10-17/h6-8,11,13,17,19H,2-5,9-10,12,14H2,1H3. The molecule has 0 spiro atoms. The molecule has 2 aromatic rings. The first-order valence-corrected chi connectivity index (χ1v) is 8.18. The molecule has 1 aromatic heterocycles. The van der Waals surface area contributed by atoms with Crippen LogP contribution in [0.25, 0.3) is 10.9 Å². The van der Waals surface area contributed by atoms with E-state index in [1.54, 1.807) is 0 Å². The normalized spacial score (nSPS) is 15.1. The highest BCUT2D eigenvalue weighted by Gasteiger charge is 2.20. The van der Waals surface area contributed by atoms with Gasteiger partial charge in [-0.2, -0.15) is 0 Å². The van der Waals surface area contributed by atoms with Crippen molar-refractivity contribution in [2.75, 3.05) is 0 Å². The molecule has 1 fully saturated rings. The van der Waals surface area contributed by atoms with Crippen molar-refractivity contribution >= 4 is 10.9 Å². The van der Waals surface area contributed by atoms with Gasteiger partial charge in [-0.05, 0) is 36.3 Å². The topological polar surface area (TPSA) is 17.0 Å². The predicted octanol–water partition coefficient (Wildman–Crippen LogP) is 4.47. The van der Waals surface area contributed by atoms with Crippen LogP contribution in [0.3, 0.4) is 0 Å². The average Bonchev–Trinajstić information content (AvgIpc) is 3.21. The summed E-state index contributed by atoms with van der Waals surface area (Å²) in [5.74, 6) is 0. The molecular formula is C18H26N2. The lowest BCUT2D eigenvalue weighted by molar-refractivity contribution is 0.591. The second-order valence-corrected chi connectivity index (χ2v) is 6.08. The first-order valence-electron chi connectivity index (χ1n) is 8.18. The number of aromatic nitrogens is 1. The van der Waals surface area contributed by atoms with E-state index in [4.69, 9.17) is 0 Å². The lowest BCUT2D eigenvalue weighted by Crippen LogP contribution is -2.16. The number of nitrogens with one attached hydrogen (secondary N) is 1. The van der Waals surface area contributed by atoms with Gasteiger partial charge in [-0.15, -0.1) is 0 Å². The van der Waals surface area contributed by atoms with E-state index in [9.17, 15) is 0 Å². The van der Waals surface area contributed by atoms with Crippen molar-refractivity contribution in [1.29, 1.82) is 0 Å². The van der Waals surface area contributed by atoms with E-state index in [-0.39, 0.29) is 0 Å². The van der Waals surface area contributed by atoms with E-state index >= 15 is 0 Å². The van der Waals surface area contributed by atoms with Crippen LogP contribution in [-0.2, 0) is 13.1 Å². The number of rotatable bonds is 8. The molecule has 1 aromatic carbocycles. The Morgan fingerprint density at radius 3 is 2.85 bits per heavy atom. The Morgan fingerprint density at radius 2 is 2.05 bits per heavy atom. The molecule has 0 amide bonds. The van der Waals surface area contributed by atoms with E-state index in [0.717, 1.165) is 19.1 Å². The quantitative estimate of drug-likeness (QED) is 0.700. The minimum absolute atomic E-state index is 0.776. The molecule has 1 saturated carbocycles. The molecular weight excluding hydrogens is 244 g/mol. The summed E-state index contributed by atoms with van der Waals surface area (Å²) in [5.41, 5.74) is 2.90. The molecule has 20 heavy (non-hydrogen) atoms. The van der Waals surface area contributed by atoms with Gasteiger partial charge in [-0.25, -0.2) is 0 Å². The van der Waals surface area contributed by atoms with Crippen LogP contribution in [0.5, 0.6) is 0 Å². The Balaban J connectivity index is 1.73. The Morgan fingerprint density at radius 1 is 1.15 bits per heavy atom. The third kappa shape index (κ3) is 3.24. The fraction of sp³-hybridized carbons (Fsp3) is 0.556. The van der Waals surface area contributed by atoms with Gasteiger partial charge in [0, 0.05) is 25.3 Å². The molecule has 0 unspecified atom stereocenters. The SMILES string of the molecule is CCCCCCn1ccc2cccc(CNC3CC3)c21. The highest BCUT2D eigenvalue weighted by Crippen LogP contribution is 2.24. The molecule has 0 bridgehead atoms. The minimum Gasteiger partial charge on any atom is -0.347 e. The van der Waals surface area contributed by atoms with Gasteiger partial charge in [-0.1, -0.05) is 44.4 Å². The van der Waals surface area contributed by atoms with Gasteiger partial charge in [0.25, 0.3) is 0 Å². The van der Waals surface area contributed by atoms with Crippen molar-refractivity contribution in [3.05, 3.63) is 36.0 Å². The number of unbranched alkanes of at least 4 members (excludes halogenated alkanes) is 3. The lowest BCUT2D eigenvalue weighted by atomic mass is 10.1. The van der Waals surface area contributed by atoms with Crippen LogP contribution >= 0.6 is 0 Å². The maximum atomic E-state index is 3.65. The Kier molecular flexibility index (Phi) is 4.41. The molecule has 108 valence electrons. The summed E-state index contributed by atoms with van der Waals surface area (Å²) in [5, 5.41) is 5.03. The molecule has 0 atom stereocenters. The number of hydrogen-bond acceptors (Lipinski definition) is 1. The Hall–Kier alpha value is -1.28. The van der Waals surface area contributed by atoms with Crippen molar-refractivity contribution in [1.82, 2.24) is 9.88 Å². The zero-order valence-electron chi connectivity index (χ0n) is 12.6. The summed E-state index contributed by atoms with van der Waals surface area (Å²) in [7, 11) is 0. The van der Waals surface area contributed by atoms with Gasteiger partial charge in [0.2, 0.25) is 0 Å². The number of nitrogens with zero attached hydrogens (tertiary/aromatic N) is 1. The van der Waals surface area contributed by atoms with E-state index in [2.05, 4.69) is 47.3 Å². The van der Waals surface area contributed by atoms with Gasteiger partial charge in [0.15, 0.2) is 0 Å². The number of para-hydroxylation sites is 1. The van der Waals surface area contributed by atoms with Crippen molar-refractivity contribution in [2.45, 2.75) is 64.6 Å². The number of hydrogen-bond donors (Lipinski definition) is 1. The summed E-state index contributed by atoms with van der Waals surface area (Å²) in [6.07, 6.45) is 10.3. The predicted molar refractivity (Wildman–Crippen MR) is 85.9 cm³/mol. The Bertz CT molecular complexity index is 552. The van der Waals surface area contributed by atoms with Crippen LogP contribution in [-0.4, -0.2) is 10.6 Å². The summed E-state index contributed by atoms with van der Waals surface area (Å²) in [4.78, 5) is 0. The van der Waals surface area contributed by atoms with Gasteiger partial charge < -0.3 is 9.88 Å². The maximum Gasteiger partial charge on any atom is 0.0525 e. The minimum atomic E-state index is 0.776. The van der Waals surface area contributed by atoms with Crippen LogP contribution in [0.1, 0.15) is 51.0 Å². The fourth-order valence-electron chi connectivity index (χ4n) is 2.92. The van der Waals surface area contributed by atoms with Crippen molar-refractivity contribution in [2.24, 2.45) is 0 Å². The third-order valence-electron chi connectivity index (χ3n) is 4.28. The fourth-order valence-corrected chi connectivity index (χ4v) is 2.92. The number of aryl methyl sites for hydroxylation is 1. The molecule has 3 rings (SSSR count). The largest absolute Gasteiger partial charge is 0.347 e. The zero-order chi connectivity index (χ0) is 13.8. The third-order valence-corrected chi connectivity index (χ3v) is 4.28. The molecule has 0 saturated heterocycles. The molecule has 0 aliphatic heterocycles. The van der Waals surface area contributed by atoms with Gasteiger partial charge in [-0.3, -0.25) is 0 Å². The summed E-state index contributed by atoms with van der Waals surface area (Å²) >= 11 is 0. The molecule has 2 nitrogen and oxygen atoms in total. The lowest BCUT2D eigenvalue weighted by Gasteiger charge is -2.10. The first kappa shape index (κ1) is 13.7. The van der Waals surface area contributed by atoms with Crippen LogP contribution in [0.2, 0.25) is 0 Å². The van der Waals surface area contributed by atoms with Crippen molar-refractivity contribution in [3.63, 3.8) is 0 Å². The first-order chi connectivity index (χ1) is 9.88. The number of fused-ring (bicyclic) bond motifs is 1. The van der Waals surface area contributed by atoms with Crippen molar-refractivity contribution in [3.8, 4) is 0 Å². The van der Waals surface area contributed by atoms with E-state index in [1.807, 2.05) is 0 Å². The highest BCUT2D eigenvalue weighted by molar-refractivity contribution is 5.83. The van der Waals surface area contributed by atoms with Crippen LogP contribution in [0, 0.1) is 0 Å². The highest BCUT2D eigenvalue weighted by atomic mass is 15.0. The van der Waals surface area contributed by atoms with E-state index in [1.165, 1.54) is 55.0 Å². The monoisotopic (exact) mass is 270 g/mol. The molecule has 1 aliphatic carbocycles. The van der Waals surface area contributed by atoms with Crippen molar-refractivity contribution < 1.29 is 0 Å². The smallest absolute Gasteiger partial charge is 0.0525 e. The molecule has 0 radical (unpaired) electrons. The zero-order valence-corrected chi connectivity index (χ0v) is 12.6. The van der Waals surface area contributed by atoms with Crippen LogP contribution in [0.4, 0.5) is 0 Å². The van der Waals surface area contributed by atoms with E-state index in [0.29, 0.717) is 0 Å². The Labute approximate surface area is 122 Å². The maximum absolute atomic E-state index is 3.65. The molecule has 1 aliphatic rings. The van der Waals surface area contributed by atoms with Crippen LogP contribution < -0.4 is 5.32 Å². The molecule has 1 N–H and O–H groups in total. The summed E-state index contributed by atoms with van der Waals surface area (Å²) in [6, 6.07) is 9.74. The summed E-state index contributed by atoms with van der Waals surface area (Å²) in [6.45, 7) is 4.44. The van der Waals surface area contributed by atoms with Gasteiger partial charge in [0.1, 0.15) is 0 Å². The molecule has 1 heterocycles. The van der Waals surface area contributed by atoms with Gasteiger partial charge in [0.05, 0.1) is 5.52 Å². The van der Waals surface area contributed by atoms with E-state index < -0.39 is 0 Å². The van der Waals surface area contributed by atoms with Crippen LogP contribution in [0.15, 0.2) is 30.5 Å².